The van der Waals surface area contributed by atoms with Gasteiger partial charge in [-0.1, -0.05) is 6.92 Å². The molecule has 0 rings (SSSR count). The highest BCUT2D eigenvalue weighted by molar-refractivity contribution is 4.63. The quantitative estimate of drug-likeness (QED) is 0.696. The van der Waals surface area contributed by atoms with Gasteiger partial charge in [0, 0.05) is 5.92 Å². The average molecular weight is 202 g/mol. The van der Waals surface area contributed by atoms with Crippen molar-refractivity contribution in [2.75, 3.05) is 13.2 Å². The minimum absolute atomic E-state index is 0.0456. The summed E-state index contributed by atoms with van der Waals surface area (Å²) in [7, 11) is 0. The van der Waals surface area contributed by atoms with Gasteiger partial charge in [-0.15, -0.1) is 0 Å². The lowest BCUT2D eigenvalue weighted by atomic mass is 10.1. The SMILES string of the molecule is CC(COC(C)(C)C)COC(C)(C)C. The van der Waals surface area contributed by atoms with Crippen LogP contribution in [0.25, 0.3) is 0 Å². The number of rotatable bonds is 4. The monoisotopic (exact) mass is 202 g/mol. The van der Waals surface area contributed by atoms with Crippen molar-refractivity contribution < 1.29 is 9.47 Å². The molecule has 0 fully saturated rings. The van der Waals surface area contributed by atoms with E-state index in [2.05, 4.69) is 48.5 Å². The van der Waals surface area contributed by atoms with Crippen LogP contribution in [0, 0.1) is 5.92 Å². The van der Waals surface area contributed by atoms with Crippen LogP contribution >= 0.6 is 0 Å². The molecule has 0 radical (unpaired) electrons. The van der Waals surface area contributed by atoms with Crippen LogP contribution in [0.15, 0.2) is 0 Å². The van der Waals surface area contributed by atoms with E-state index in [0.29, 0.717) is 5.92 Å². The molecule has 0 aliphatic rings. The zero-order chi connectivity index (χ0) is 11.4. The fourth-order valence-electron chi connectivity index (χ4n) is 0.833. The molecule has 0 atom stereocenters. The predicted molar refractivity (Wildman–Crippen MR) is 60.6 cm³/mol. The van der Waals surface area contributed by atoms with Gasteiger partial charge >= 0.3 is 0 Å². The number of ether oxygens (including phenoxy) is 2. The number of hydrogen-bond donors (Lipinski definition) is 0. The maximum Gasteiger partial charge on any atom is 0.0598 e. The molecule has 0 aromatic heterocycles. The molecule has 0 N–H and O–H groups in total. The Bertz CT molecular complexity index is 133. The zero-order valence-electron chi connectivity index (χ0n) is 10.8. The Labute approximate surface area is 89.0 Å². The molecule has 0 aromatic rings. The molecule has 0 amide bonds. The van der Waals surface area contributed by atoms with Crippen LogP contribution in [0.1, 0.15) is 48.5 Å². The van der Waals surface area contributed by atoms with Gasteiger partial charge in [0.15, 0.2) is 0 Å². The van der Waals surface area contributed by atoms with Crippen molar-refractivity contribution in [2.45, 2.75) is 59.7 Å². The summed E-state index contributed by atoms with van der Waals surface area (Å²) in [6.07, 6.45) is 0. The molecule has 0 aromatic carbocycles. The molecule has 86 valence electrons. The fourth-order valence-corrected chi connectivity index (χ4v) is 0.833. The van der Waals surface area contributed by atoms with Gasteiger partial charge in [0.05, 0.1) is 24.4 Å². The van der Waals surface area contributed by atoms with Gasteiger partial charge in [0.25, 0.3) is 0 Å². The average Bonchev–Trinajstić information content (AvgIpc) is 1.94. The lowest BCUT2D eigenvalue weighted by Crippen LogP contribution is -2.27. The third-order valence-corrected chi connectivity index (χ3v) is 1.60. The van der Waals surface area contributed by atoms with E-state index in [1.165, 1.54) is 0 Å². The molecule has 2 nitrogen and oxygen atoms in total. The molecule has 14 heavy (non-hydrogen) atoms. The van der Waals surface area contributed by atoms with E-state index in [1.54, 1.807) is 0 Å². The molecule has 0 aliphatic heterocycles. The van der Waals surface area contributed by atoms with Crippen molar-refractivity contribution in [3.8, 4) is 0 Å². The summed E-state index contributed by atoms with van der Waals surface area (Å²) in [5.74, 6) is 0.452. The van der Waals surface area contributed by atoms with Gasteiger partial charge in [0.1, 0.15) is 0 Å². The Morgan fingerprint density at radius 3 is 1.29 bits per heavy atom. The Morgan fingerprint density at radius 1 is 0.786 bits per heavy atom. The second-order valence-electron chi connectivity index (χ2n) is 5.95. The molecule has 0 bridgehead atoms. The van der Waals surface area contributed by atoms with Crippen molar-refractivity contribution in [1.29, 1.82) is 0 Å². The first-order valence-electron chi connectivity index (χ1n) is 5.38. The molecule has 0 spiro atoms. The first-order chi connectivity index (χ1) is 6.10. The van der Waals surface area contributed by atoms with E-state index in [-0.39, 0.29) is 11.2 Å². The van der Waals surface area contributed by atoms with Gasteiger partial charge in [-0.2, -0.15) is 0 Å². The van der Waals surface area contributed by atoms with E-state index in [0.717, 1.165) is 13.2 Å². The van der Waals surface area contributed by atoms with Gasteiger partial charge in [-0.05, 0) is 41.5 Å². The number of hydrogen-bond acceptors (Lipinski definition) is 2. The minimum Gasteiger partial charge on any atom is -0.375 e. The highest BCUT2D eigenvalue weighted by Gasteiger charge is 2.15. The van der Waals surface area contributed by atoms with Gasteiger partial charge in [-0.3, -0.25) is 0 Å². The minimum atomic E-state index is -0.0456. The van der Waals surface area contributed by atoms with Crippen molar-refractivity contribution >= 4 is 0 Å². The maximum absolute atomic E-state index is 5.68. The topological polar surface area (TPSA) is 18.5 Å². The highest BCUT2D eigenvalue weighted by atomic mass is 16.5. The standard InChI is InChI=1S/C12H26O2/c1-10(8-13-11(2,3)4)9-14-12(5,6)7/h10H,8-9H2,1-7H3. The van der Waals surface area contributed by atoms with Crippen LogP contribution in [0.5, 0.6) is 0 Å². The molecule has 0 aliphatic carbocycles. The van der Waals surface area contributed by atoms with Crippen LogP contribution in [0.4, 0.5) is 0 Å². The second-order valence-corrected chi connectivity index (χ2v) is 5.95. The third kappa shape index (κ3) is 10.0. The molecule has 0 unspecified atom stereocenters. The summed E-state index contributed by atoms with van der Waals surface area (Å²) >= 11 is 0. The molecule has 0 saturated heterocycles. The Balaban J connectivity index is 3.62. The van der Waals surface area contributed by atoms with Crippen LogP contribution in [0.3, 0.4) is 0 Å². The summed E-state index contributed by atoms with van der Waals surface area (Å²) in [4.78, 5) is 0. The third-order valence-electron chi connectivity index (χ3n) is 1.60. The molecular weight excluding hydrogens is 176 g/mol. The lowest BCUT2D eigenvalue weighted by molar-refractivity contribution is -0.0632. The van der Waals surface area contributed by atoms with Crippen molar-refractivity contribution in [2.24, 2.45) is 5.92 Å². The largest absolute Gasteiger partial charge is 0.375 e. The predicted octanol–water partition coefficient (Wildman–Crippen LogP) is 3.25. The summed E-state index contributed by atoms with van der Waals surface area (Å²) in [6.45, 7) is 16.1. The van der Waals surface area contributed by atoms with Crippen molar-refractivity contribution in [3.05, 3.63) is 0 Å². The Kier molecular flexibility index (Phi) is 5.10. The van der Waals surface area contributed by atoms with Crippen LogP contribution < -0.4 is 0 Å². The van der Waals surface area contributed by atoms with E-state index in [4.69, 9.17) is 9.47 Å². The highest BCUT2D eigenvalue weighted by Crippen LogP contribution is 2.12. The smallest absolute Gasteiger partial charge is 0.0598 e. The van der Waals surface area contributed by atoms with Gasteiger partial charge < -0.3 is 9.47 Å². The molecular formula is C12H26O2. The van der Waals surface area contributed by atoms with E-state index < -0.39 is 0 Å². The summed E-state index contributed by atoms with van der Waals surface area (Å²) < 4.78 is 11.4. The normalized spacial score (nSPS) is 13.7. The molecule has 0 heterocycles. The van der Waals surface area contributed by atoms with E-state index >= 15 is 0 Å². The first-order valence-corrected chi connectivity index (χ1v) is 5.38. The van der Waals surface area contributed by atoms with Crippen molar-refractivity contribution in [3.63, 3.8) is 0 Å². The van der Waals surface area contributed by atoms with Gasteiger partial charge in [0.2, 0.25) is 0 Å². The zero-order valence-corrected chi connectivity index (χ0v) is 10.8. The van der Waals surface area contributed by atoms with Gasteiger partial charge in [-0.25, -0.2) is 0 Å². The van der Waals surface area contributed by atoms with Crippen molar-refractivity contribution in [1.82, 2.24) is 0 Å². The lowest BCUT2D eigenvalue weighted by Gasteiger charge is -2.25. The summed E-state index contributed by atoms with van der Waals surface area (Å²) in [5, 5.41) is 0. The maximum atomic E-state index is 5.68. The van der Waals surface area contributed by atoms with Crippen LogP contribution in [-0.2, 0) is 9.47 Å². The molecule has 2 heteroatoms. The van der Waals surface area contributed by atoms with E-state index in [9.17, 15) is 0 Å². The summed E-state index contributed by atoms with van der Waals surface area (Å²) in [5.41, 5.74) is -0.0913. The van der Waals surface area contributed by atoms with Crippen LogP contribution in [0.2, 0.25) is 0 Å². The van der Waals surface area contributed by atoms with E-state index in [1.807, 2.05) is 0 Å². The Hall–Kier alpha value is -0.0800. The first kappa shape index (κ1) is 13.9. The Morgan fingerprint density at radius 2 is 1.07 bits per heavy atom. The molecule has 0 saturated carbocycles. The van der Waals surface area contributed by atoms with Crippen LogP contribution in [-0.4, -0.2) is 24.4 Å². The summed E-state index contributed by atoms with van der Waals surface area (Å²) in [6, 6.07) is 0. The fraction of sp³-hybridized carbons (Fsp3) is 1.00. The second kappa shape index (κ2) is 5.13.